The molecule has 4 aromatic rings. The van der Waals surface area contributed by atoms with Crippen molar-refractivity contribution in [3.63, 3.8) is 0 Å². The summed E-state index contributed by atoms with van der Waals surface area (Å²) in [5, 5.41) is 0.980. The molecule has 5 heterocycles. The van der Waals surface area contributed by atoms with Gasteiger partial charge in [0.1, 0.15) is 5.82 Å². The van der Waals surface area contributed by atoms with E-state index in [-0.39, 0.29) is 11.2 Å². The van der Waals surface area contributed by atoms with E-state index in [1.807, 2.05) is 24.3 Å². The molecule has 0 radical (unpaired) electrons. The zero-order chi connectivity index (χ0) is 25.7. The van der Waals surface area contributed by atoms with Gasteiger partial charge in [-0.2, -0.15) is 11.8 Å². The van der Waals surface area contributed by atoms with Gasteiger partial charge in [0.15, 0.2) is 0 Å². The van der Waals surface area contributed by atoms with Crippen LogP contribution in [0.15, 0.2) is 60.8 Å². The highest BCUT2D eigenvalue weighted by molar-refractivity contribution is 7.99. The van der Waals surface area contributed by atoms with E-state index in [1.165, 1.54) is 41.3 Å². The van der Waals surface area contributed by atoms with Crippen LogP contribution in [0.4, 0.5) is 21.5 Å². The van der Waals surface area contributed by atoms with Gasteiger partial charge in [-0.25, -0.2) is 9.37 Å². The largest absolute Gasteiger partial charge is 0.378 e. The molecule has 2 aromatic heterocycles. The number of nitrogens with zero attached hydrogens (tertiary/aromatic N) is 4. The Bertz CT molecular complexity index is 1500. The molecule has 0 N–H and O–H groups in total. The molecule has 194 valence electrons. The lowest BCUT2D eigenvalue weighted by molar-refractivity contribution is 0.122. The SMILES string of the molecule is Cc1c(-c2ccccn2)nc2cc(F)ccc2c1N1CC2(CCSCC2)c2ccc(N3CCOCC3)cc21. The Morgan fingerprint density at radius 1 is 1.00 bits per heavy atom. The van der Waals surface area contributed by atoms with E-state index >= 15 is 0 Å². The number of hydrogen-bond donors (Lipinski definition) is 0. The molecule has 0 unspecified atom stereocenters. The van der Waals surface area contributed by atoms with Crippen LogP contribution in [0, 0.1) is 12.7 Å². The summed E-state index contributed by atoms with van der Waals surface area (Å²) in [5.41, 5.74) is 8.56. The van der Waals surface area contributed by atoms with Crippen LogP contribution in [-0.2, 0) is 10.2 Å². The van der Waals surface area contributed by atoms with Crippen LogP contribution in [0.1, 0.15) is 24.0 Å². The third-order valence-electron chi connectivity index (χ3n) is 8.47. The molecule has 1 spiro atoms. The normalized spacial score (nSPS) is 18.8. The van der Waals surface area contributed by atoms with Crippen LogP contribution in [0.3, 0.4) is 0 Å². The van der Waals surface area contributed by atoms with Crippen molar-refractivity contribution in [3.8, 4) is 11.4 Å². The smallest absolute Gasteiger partial charge is 0.125 e. The second-order valence-electron chi connectivity index (χ2n) is 10.6. The second kappa shape index (κ2) is 9.54. The van der Waals surface area contributed by atoms with Gasteiger partial charge in [-0.3, -0.25) is 4.98 Å². The van der Waals surface area contributed by atoms with Gasteiger partial charge in [0.2, 0.25) is 0 Å². The van der Waals surface area contributed by atoms with Crippen molar-refractivity contribution in [2.24, 2.45) is 0 Å². The Hall–Kier alpha value is -3.16. The van der Waals surface area contributed by atoms with Crippen molar-refractivity contribution < 1.29 is 9.13 Å². The van der Waals surface area contributed by atoms with Gasteiger partial charge in [-0.05, 0) is 73.2 Å². The van der Waals surface area contributed by atoms with Crippen LogP contribution in [0.2, 0.25) is 0 Å². The summed E-state index contributed by atoms with van der Waals surface area (Å²) in [7, 11) is 0. The number of morpholine rings is 1. The highest BCUT2D eigenvalue weighted by Gasteiger charge is 2.45. The Labute approximate surface area is 227 Å². The highest BCUT2D eigenvalue weighted by Crippen LogP contribution is 2.53. The molecule has 3 aliphatic rings. The number of fused-ring (bicyclic) bond motifs is 3. The van der Waals surface area contributed by atoms with Crippen molar-refractivity contribution in [3.05, 3.63) is 77.7 Å². The van der Waals surface area contributed by atoms with Crippen molar-refractivity contribution in [2.75, 3.05) is 54.2 Å². The molecule has 0 amide bonds. The lowest BCUT2D eigenvalue weighted by Crippen LogP contribution is -2.36. The van der Waals surface area contributed by atoms with Crippen molar-refractivity contribution in [1.82, 2.24) is 9.97 Å². The third kappa shape index (κ3) is 3.95. The summed E-state index contributed by atoms with van der Waals surface area (Å²) in [6.07, 6.45) is 4.13. The topological polar surface area (TPSA) is 41.5 Å². The van der Waals surface area contributed by atoms with Crippen LogP contribution in [0.5, 0.6) is 0 Å². The van der Waals surface area contributed by atoms with Gasteiger partial charge in [0.25, 0.3) is 0 Å². The standard InChI is InChI=1S/C31H31FN4OS/c1-21-29(26-4-2-3-11-33-26)34-27-18-22(32)5-7-24(27)30(21)36-20-31(9-16-38-17-10-31)25-8-6-23(19-28(25)36)35-12-14-37-15-13-35/h2-8,11,18-19H,9-10,12-17,20H2,1H3. The van der Waals surface area contributed by atoms with Crippen molar-refractivity contribution in [2.45, 2.75) is 25.2 Å². The molecule has 2 saturated heterocycles. The lowest BCUT2D eigenvalue weighted by Gasteiger charge is -2.34. The summed E-state index contributed by atoms with van der Waals surface area (Å²) in [6.45, 7) is 6.39. The fraction of sp³-hybridized carbons (Fsp3) is 0.355. The highest BCUT2D eigenvalue weighted by atomic mass is 32.2. The Balaban J connectivity index is 1.45. The Morgan fingerprint density at radius 2 is 1.84 bits per heavy atom. The molecule has 0 atom stereocenters. The first-order valence-electron chi connectivity index (χ1n) is 13.5. The average Bonchev–Trinajstić information content (AvgIpc) is 3.26. The zero-order valence-electron chi connectivity index (χ0n) is 21.6. The predicted molar refractivity (Wildman–Crippen MR) is 154 cm³/mol. The molecule has 0 aliphatic carbocycles. The molecular weight excluding hydrogens is 495 g/mol. The zero-order valence-corrected chi connectivity index (χ0v) is 22.4. The monoisotopic (exact) mass is 526 g/mol. The molecule has 7 heteroatoms. The molecule has 38 heavy (non-hydrogen) atoms. The quantitative estimate of drug-likeness (QED) is 0.304. The summed E-state index contributed by atoms with van der Waals surface area (Å²) >= 11 is 2.06. The first-order valence-corrected chi connectivity index (χ1v) is 14.6. The van der Waals surface area contributed by atoms with E-state index in [0.29, 0.717) is 5.52 Å². The maximum absolute atomic E-state index is 14.5. The first kappa shape index (κ1) is 23.9. The van der Waals surface area contributed by atoms with Crippen LogP contribution >= 0.6 is 11.8 Å². The number of benzene rings is 2. The first-order chi connectivity index (χ1) is 18.6. The third-order valence-corrected chi connectivity index (χ3v) is 9.45. The molecule has 2 aromatic carbocycles. The van der Waals surface area contributed by atoms with E-state index < -0.39 is 0 Å². The number of pyridine rings is 2. The van der Waals surface area contributed by atoms with Gasteiger partial charge in [-0.1, -0.05) is 12.1 Å². The molecule has 3 aliphatic heterocycles. The summed E-state index contributed by atoms with van der Waals surface area (Å²) in [6, 6.07) is 18.0. The average molecular weight is 527 g/mol. The van der Waals surface area contributed by atoms with Gasteiger partial charge in [0.05, 0.1) is 35.8 Å². The maximum atomic E-state index is 14.5. The molecule has 5 nitrogen and oxygen atoms in total. The van der Waals surface area contributed by atoms with E-state index in [9.17, 15) is 4.39 Å². The molecule has 2 fully saturated rings. The van der Waals surface area contributed by atoms with Gasteiger partial charge >= 0.3 is 0 Å². The van der Waals surface area contributed by atoms with Crippen molar-refractivity contribution >= 4 is 39.7 Å². The second-order valence-corrected chi connectivity index (χ2v) is 11.8. The molecule has 7 rings (SSSR count). The van der Waals surface area contributed by atoms with E-state index in [1.54, 1.807) is 18.3 Å². The number of halogens is 1. The maximum Gasteiger partial charge on any atom is 0.125 e. The fourth-order valence-corrected chi connectivity index (χ4v) is 7.76. The van der Waals surface area contributed by atoms with Crippen LogP contribution in [-0.4, -0.2) is 54.3 Å². The number of rotatable bonds is 3. The number of ether oxygens (including phenoxy) is 1. The van der Waals surface area contributed by atoms with Gasteiger partial charge < -0.3 is 14.5 Å². The minimum absolute atomic E-state index is 0.122. The predicted octanol–water partition coefficient (Wildman–Crippen LogP) is 6.50. The lowest BCUT2D eigenvalue weighted by atomic mass is 9.77. The molecular formula is C31H31FN4OS. The number of anilines is 3. The summed E-state index contributed by atoms with van der Waals surface area (Å²) < 4.78 is 20.1. The van der Waals surface area contributed by atoms with Crippen LogP contribution < -0.4 is 9.80 Å². The number of aromatic nitrogens is 2. The Kier molecular flexibility index (Phi) is 6.01. The van der Waals surface area contributed by atoms with Crippen LogP contribution in [0.25, 0.3) is 22.3 Å². The minimum Gasteiger partial charge on any atom is -0.378 e. The summed E-state index contributed by atoms with van der Waals surface area (Å²) in [5.74, 6) is 2.08. The van der Waals surface area contributed by atoms with E-state index in [0.717, 1.165) is 60.9 Å². The number of hydrogen-bond acceptors (Lipinski definition) is 6. The van der Waals surface area contributed by atoms with Gasteiger partial charge in [0, 0.05) is 59.6 Å². The van der Waals surface area contributed by atoms with Crippen molar-refractivity contribution in [1.29, 1.82) is 0 Å². The number of thioether (sulfide) groups is 1. The molecule has 0 bridgehead atoms. The van der Waals surface area contributed by atoms with E-state index in [4.69, 9.17) is 9.72 Å². The Morgan fingerprint density at radius 3 is 2.63 bits per heavy atom. The van der Waals surface area contributed by atoms with E-state index in [2.05, 4.69) is 51.7 Å². The molecule has 0 saturated carbocycles. The minimum atomic E-state index is -0.274. The van der Waals surface area contributed by atoms with Gasteiger partial charge in [-0.15, -0.1) is 0 Å². The fourth-order valence-electron chi connectivity index (χ4n) is 6.49. The summed E-state index contributed by atoms with van der Waals surface area (Å²) in [4.78, 5) is 14.5.